The van der Waals surface area contributed by atoms with E-state index in [1.165, 1.54) is 0 Å². The summed E-state index contributed by atoms with van der Waals surface area (Å²) < 4.78 is 73.3. The molecule has 0 saturated carbocycles. The van der Waals surface area contributed by atoms with Gasteiger partial charge in [-0.25, -0.2) is 4.98 Å². The lowest BCUT2D eigenvalue weighted by molar-refractivity contribution is -0.115. The highest BCUT2D eigenvalue weighted by Gasteiger charge is 2.08. The molecule has 0 unspecified atom stereocenters. The number of rotatable bonds is 9. The topological polar surface area (TPSA) is 100 Å². The summed E-state index contributed by atoms with van der Waals surface area (Å²) in [5, 5.41) is 14.4. The highest BCUT2D eigenvalue weighted by Crippen LogP contribution is 2.14. The average Bonchev–Trinajstić information content (AvgIpc) is 3.20. The van der Waals surface area contributed by atoms with E-state index in [2.05, 4.69) is 15.6 Å². The van der Waals surface area contributed by atoms with Gasteiger partial charge in [-0.3, -0.25) is 4.79 Å². The van der Waals surface area contributed by atoms with Gasteiger partial charge in [0.05, 0.1) is 25.0 Å². The molecule has 7 heteroatoms. The minimum absolute atomic E-state index is 0.121. The summed E-state index contributed by atoms with van der Waals surface area (Å²) in [6.45, 7) is -2.40. The third-order valence-electron chi connectivity index (χ3n) is 3.49. The summed E-state index contributed by atoms with van der Waals surface area (Å²) in [6.07, 6.45) is -4.46. The van der Waals surface area contributed by atoms with Crippen LogP contribution < -0.4 is 16.4 Å². The number of benzene rings is 2. The molecule has 0 spiro atoms. The molecule has 6 nitrogen and oxygen atoms in total. The van der Waals surface area contributed by atoms with Gasteiger partial charge < -0.3 is 21.5 Å². The van der Waals surface area contributed by atoms with E-state index in [4.69, 9.17) is 18.1 Å². The molecule has 1 aromatic heterocycles. The normalized spacial score (nSPS) is 17.5. The summed E-state index contributed by atoms with van der Waals surface area (Å²) in [5.41, 5.74) is 4.62. The predicted octanol–water partition coefficient (Wildman–Crippen LogP) is 2.77. The standard InChI is InChI=1S/C21H24N4O2S/c22-21-25-18(14-28-21)12-20(27)24-17-8-6-15(7-9-17)10-11-23-13-19(26)16-4-2-1-3-5-16/h1-9,14,19,23,26H,10-13H2,(H2,22,25)(H,24,27)/t19-/m1/s1/i6D,7D,8D,9D,11D2,12D2,14D. The molecular formula is C21H24N4O2S. The first-order valence-corrected chi connectivity index (χ1v) is 9.09. The molecule has 146 valence electrons. The van der Waals surface area contributed by atoms with E-state index in [1.807, 2.05) is 0 Å². The molecule has 1 heterocycles. The van der Waals surface area contributed by atoms with Crippen molar-refractivity contribution in [2.45, 2.75) is 18.9 Å². The predicted molar refractivity (Wildman–Crippen MR) is 113 cm³/mol. The highest BCUT2D eigenvalue weighted by atomic mass is 32.1. The maximum Gasteiger partial charge on any atom is 0.230 e. The summed E-state index contributed by atoms with van der Waals surface area (Å²) in [7, 11) is 0. The Balaban J connectivity index is 1.82. The highest BCUT2D eigenvalue weighted by molar-refractivity contribution is 7.13. The molecule has 0 radical (unpaired) electrons. The molecule has 0 fully saturated rings. The molecule has 2 aromatic carbocycles. The summed E-state index contributed by atoms with van der Waals surface area (Å²) in [6, 6.07) is 5.92. The molecule has 1 amide bonds. The maximum absolute atomic E-state index is 12.7. The van der Waals surface area contributed by atoms with Crippen molar-refractivity contribution < 1.29 is 22.2 Å². The van der Waals surface area contributed by atoms with Gasteiger partial charge in [-0.05, 0) is 36.1 Å². The Kier molecular flexibility index (Phi) is 4.03. The van der Waals surface area contributed by atoms with Crippen LogP contribution in [0.25, 0.3) is 0 Å². The molecule has 28 heavy (non-hydrogen) atoms. The van der Waals surface area contributed by atoms with E-state index in [1.54, 1.807) is 30.3 Å². The number of thiazole rings is 1. The average molecular weight is 406 g/mol. The Labute approximate surface area is 181 Å². The van der Waals surface area contributed by atoms with Gasteiger partial charge in [0, 0.05) is 23.1 Å². The van der Waals surface area contributed by atoms with E-state index in [-0.39, 0.29) is 22.6 Å². The minimum Gasteiger partial charge on any atom is -0.387 e. The van der Waals surface area contributed by atoms with Crippen molar-refractivity contribution in [2.24, 2.45) is 0 Å². The third kappa shape index (κ3) is 6.16. The van der Waals surface area contributed by atoms with E-state index in [9.17, 15) is 9.90 Å². The van der Waals surface area contributed by atoms with E-state index >= 15 is 0 Å². The number of aromatic nitrogens is 1. The monoisotopic (exact) mass is 405 g/mol. The second kappa shape index (κ2) is 9.98. The zero-order valence-corrected chi connectivity index (χ0v) is 15.5. The molecule has 5 N–H and O–H groups in total. The van der Waals surface area contributed by atoms with Gasteiger partial charge in [0.25, 0.3) is 0 Å². The lowest BCUT2D eigenvalue weighted by Gasteiger charge is -2.12. The smallest absolute Gasteiger partial charge is 0.230 e. The van der Waals surface area contributed by atoms with Crippen LogP contribution in [0.5, 0.6) is 0 Å². The van der Waals surface area contributed by atoms with Crippen LogP contribution in [0, 0.1) is 0 Å². The number of hydrogen-bond donors (Lipinski definition) is 4. The number of carbonyl (C=O) groups excluding carboxylic acids is 1. The summed E-state index contributed by atoms with van der Waals surface area (Å²) in [4.78, 5) is 16.3. The van der Waals surface area contributed by atoms with Crippen molar-refractivity contribution in [1.29, 1.82) is 0 Å². The van der Waals surface area contributed by atoms with Crippen LogP contribution in [0.4, 0.5) is 10.8 Å². The van der Waals surface area contributed by atoms with Crippen LogP contribution in [0.1, 0.15) is 35.3 Å². The fourth-order valence-corrected chi connectivity index (χ4v) is 2.60. The van der Waals surface area contributed by atoms with Gasteiger partial charge >= 0.3 is 0 Å². The van der Waals surface area contributed by atoms with Crippen LogP contribution in [0.15, 0.2) is 59.9 Å². The van der Waals surface area contributed by atoms with Crippen molar-refractivity contribution in [2.75, 3.05) is 24.1 Å². The Morgan fingerprint density at radius 1 is 1.29 bits per heavy atom. The second-order valence-corrected chi connectivity index (χ2v) is 6.42. The lowest BCUT2D eigenvalue weighted by Crippen LogP contribution is -2.23. The first kappa shape index (κ1) is 11.3. The summed E-state index contributed by atoms with van der Waals surface area (Å²) >= 11 is 0.665. The molecular weight excluding hydrogens is 372 g/mol. The van der Waals surface area contributed by atoms with Gasteiger partial charge in [0.2, 0.25) is 5.91 Å². The number of nitrogens with two attached hydrogens (primary N) is 1. The number of nitrogens with zero attached hydrogens (tertiary/aromatic N) is 1. The Bertz CT molecular complexity index is 1280. The van der Waals surface area contributed by atoms with Crippen molar-refractivity contribution in [3.63, 3.8) is 0 Å². The Hall–Kier alpha value is -2.74. The van der Waals surface area contributed by atoms with Crippen LogP contribution >= 0.6 is 11.3 Å². The number of aliphatic hydroxyl groups is 1. The minimum atomic E-state index is -2.85. The van der Waals surface area contributed by atoms with E-state index in [0.717, 1.165) is 0 Å². The van der Waals surface area contributed by atoms with Gasteiger partial charge in [-0.15, -0.1) is 11.3 Å². The number of nitrogens with one attached hydrogen (secondary N) is 2. The first-order chi connectivity index (χ1) is 17.2. The fourth-order valence-electron chi connectivity index (χ4n) is 2.16. The van der Waals surface area contributed by atoms with Gasteiger partial charge in [-0.2, -0.15) is 0 Å². The molecule has 3 rings (SSSR count). The zero-order chi connectivity index (χ0) is 27.7. The van der Waals surface area contributed by atoms with Gasteiger partial charge in [0.1, 0.15) is 0 Å². The Morgan fingerprint density at radius 3 is 2.71 bits per heavy atom. The van der Waals surface area contributed by atoms with Crippen molar-refractivity contribution in [3.05, 3.63) is 76.7 Å². The first-order valence-electron chi connectivity index (χ1n) is 12.8. The fraction of sp³-hybridized carbons (Fsp3) is 0.238. The number of nitrogen functional groups attached to an aromatic ring is 1. The van der Waals surface area contributed by atoms with Gasteiger partial charge in [-0.1, -0.05) is 42.4 Å². The van der Waals surface area contributed by atoms with Crippen LogP contribution in [0.3, 0.4) is 0 Å². The molecule has 0 aliphatic rings. The third-order valence-corrected chi connectivity index (χ3v) is 4.09. The van der Waals surface area contributed by atoms with Crippen LogP contribution in [-0.4, -0.2) is 29.0 Å². The van der Waals surface area contributed by atoms with E-state index < -0.39 is 66.9 Å². The number of hydrogen-bond acceptors (Lipinski definition) is 6. The molecule has 0 aliphatic carbocycles. The molecule has 0 aliphatic heterocycles. The van der Waals surface area contributed by atoms with Crippen LogP contribution in [0.2, 0.25) is 0 Å². The molecule has 0 bridgehead atoms. The SMILES string of the molecule is [2H]c1sc(N)nc1C([2H])([2H])C(=O)Nc1c([2H])c([2H])c(CC([2H])([2H])NC[C@@H](O)c2ccccc2)c([2H])c1[2H]. The quantitative estimate of drug-likeness (QED) is 0.439. The van der Waals surface area contributed by atoms with Crippen molar-refractivity contribution in [1.82, 2.24) is 10.3 Å². The van der Waals surface area contributed by atoms with Gasteiger partial charge in [0.15, 0.2) is 5.13 Å². The number of aliphatic hydroxyl groups excluding tert-OH is 1. The maximum atomic E-state index is 12.7. The Morgan fingerprint density at radius 2 is 2.04 bits per heavy atom. The number of anilines is 2. The molecule has 3 aromatic rings. The van der Waals surface area contributed by atoms with Crippen molar-refractivity contribution in [3.8, 4) is 0 Å². The molecule has 1 atom stereocenters. The number of amides is 1. The summed E-state index contributed by atoms with van der Waals surface area (Å²) in [5.74, 6) is -1.37. The number of carbonyl (C=O) groups is 1. The zero-order valence-electron chi connectivity index (χ0n) is 23.7. The van der Waals surface area contributed by atoms with E-state index in [0.29, 0.717) is 16.9 Å². The second-order valence-electron chi connectivity index (χ2n) is 5.60. The largest absolute Gasteiger partial charge is 0.387 e. The van der Waals surface area contributed by atoms with Crippen molar-refractivity contribution >= 4 is 28.1 Å². The molecule has 0 saturated heterocycles. The lowest BCUT2D eigenvalue weighted by atomic mass is 10.1. The van der Waals surface area contributed by atoms with Crippen LogP contribution in [-0.2, 0) is 17.6 Å².